The minimum atomic E-state index is -3.68. The minimum absolute atomic E-state index is 0.0568. The lowest BCUT2D eigenvalue weighted by molar-refractivity contribution is -0.120. The quantitative estimate of drug-likeness (QED) is 0.495. The van der Waals surface area contributed by atoms with Crippen LogP contribution in [0.1, 0.15) is 59.9 Å². The highest BCUT2D eigenvalue weighted by Gasteiger charge is 2.34. The maximum atomic E-state index is 13.4. The van der Waals surface area contributed by atoms with E-state index >= 15 is 0 Å². The van der Waals surface area contributed by atoms with Crippen LogP contribution in [0.4, 0.5) is 5.69 Å². The molecule has 2 aliphatic rings. The van der Waals surface area contributed by atoms with Crippen molar-refractivity contribution in [3.05, 3.63) is 46.2 Å². The normalized spacial score (nSPS) is 17.9. The van der Waals surface area contributed by atoms with Crippen molar-refractivity contribution in [2.75, 3.05) is 18.4 Å². The van der Waals surface area contributed by atoms with Crippen LogP contribution in [0.3, 0.4) is 0 Å². The first-order valence-corrected chi connectivity index (χ1v) is 14.3. The van der Waals surface area contributed by atoms with E-state index in [-0.39, 0.29) is 16.7 Å². The topological polar surface area (TPSA) is 105 Å². The molecule has 0 radical (unpaired) electrons. The number of hydrogen-bond acceptors (Lipinski definition) is 7. The van der Waals surface area contributed by atoms with E-state index in [1.54, 1.807) is 13.0 Å². The molecule has 1 saturated heterocycles. The third-order valence-corrected chi connectivity index (χ3v) is 10.4. The van der Waals surface area contributed by atoms with Gasteiger partial charge >= 0.3 is 0 Å². The van der Waals surface area contributed by atoms with Crippen molar-refractivity contribution in [1.82, 2.24) is 14.4 Å². The van der Waals surface area contributed by atoms with Crippen molar-refractivity contribution < 1.29 is 17.7 Å². The zero-order chi connectivity index (χ0) is 24.7. The van der Waals surface area contributed by atoms with Gasteiger partial charge in [-0.2, -0.15) is 9.29 Å². The number of anilines is 1. The lowest BCUT2D eigenvalue weighted by Gasteiger charge is -2.30. The average molecular weight is 515 g/mol. The molecular weight excluding hydrogens is 484 g/mol. The van der Waals surface area contributed by atoms with E-state index in [2.05, 4.69) is 15.5 Å². The molecule has 0 atom stereocenters. The number of amides is 1. The van der Waals surface area contributed by atoms with Crippen molar-refractivity contribution in [2.24, 2.45) is 5.92 Å². The van der Waals surface area contributed by atoms with E-state index in [9.17, 15) is 13.2 Å². The van der Waals surface area contributed by atoms with E-state index in [1.807, 2.05) is 32.0 Å². The molecule has 3 aromatic rings. The van der Waals surface area contributed by atoms with Crippen LogP contribution in [0.2, 0.25) is 0 Å². The molecule has 1 N–H and O–H groups in total. The fourth-order valence-electron chi connectivity index (χ4n) is 4.55. The third-order valence-electron chi connectivity index (χ3n) is 7.21. The lowest BCUT2D eigenvalue weighted by atomic mass is 9.85. The summed E-state index contributed by atoms with van der Waals surface area (Å²) in [6, 6.07) is 7.50. The molecule has 1 aliphatic heterocycles. The summed E-state index contributed by atoms with van der Waals surface area (Å²) in [6.45, 7) is 6.47. The number of carbonyl (C=O) groups excluding carboxylic acids is 1. The van der Waals surface area contributed by atoms with Crippen molar-refractivity contribution in [2.45, 2.75) is 63.7 Å². The van der Waals surface area contributed by atoms with Crippen LogP contribution in [0.15, 0.2) is 33.7 Å². The van der Waals surface area contributed by atoms with Gasteiger partial charge in [-0.25, -0.2) is 8.42 Å². The molecule has 8 nitrogen and oxygen atoms in total. The Kier molecular flexibility index (Phi) is 6.54. The van der Waals surface area contributed by atoms with Gasteiger partial charge in [-0.1, -0.05) is 17.6 Å². The maximum absolute atomic E-state index is 13.4. The SMILES string of the molecule is Cc1ccc(NC(=O)C2CCN(S(=O)(=O)c3cc(-c4noc(C5CCC5)n4)sc3C)CC2)cc1C. The number of rotatable bonds is 6. The Morgan fingerprint density at radius 3 is 2.49 bits per heavy atom. The Balaban J connectivity index is 1.24. The van der Waals surface area contributed by atoms with Crippen LogP contribution >= 0.6 is 11.3 Å². The van der Waals surface area contributed by atoms with Crippen LogP contribution in [0, 0.1) is 26.7 Å². The Labute approximate surface area is 209 Å². The summed E-state index contributed by atoms with van der Waals surface area (Å²) < 4.78 is 33.8. The van der Waals surface area contributed by atoms with E-state index in [0.717, 1.165) is 24.1 Å². The predicted octanol–water partition coefficient (Wildman–Crippen LogP) is 5.03. The summed E-state index contributed by atoms with van der Waals surface area (Å²) in [5.74, 6) is 1.14. The Morgan fingerprint density at radius 2 is 1.83 bits per heavy atom. The first-order chi connectivity index (χ1) is 16.7. The van der Waals surface area contributed by atoms with Crippen molar-refractivity contribution in [3.63, 3.8) is 0 Å². The van der Waals surface area contributed by atoms with Gasteiger partial charge < -0.3 is 9.84 Å². The van der Waals surface area contributed by atoms with E-state index < -0.39 is 10.0 Å². The number of aryl methyl sites for hydroxylation is 3. The molecule has 35 heavy (non-hydrogen) atoms. The molecule has 10 heteroatoms. The lowest BCUT2D eigenvalue weighted by Crippen LogP contribution is -2.41. The van der Waals surface area contributed by atoms with Gasteiger partial charge in [-0.15, -0.1) is 11.3 Å². The van der Waals surface area contributed by atoms with E-state index in [4.69, 9.17) is 4.52 Å². The number of nitrogens with zero attached hydrogens (tertiary/aromatic N) is 3. The van der Waals surface area contributed by atoms with Crippen LogP contribution < -0.4 is 5.32 Å². The molecule has 1 amide bonds. The van der Waals surface area contributed by atoms with Gasteiger partial charge in [0.05, 0.1) is 9.77 Å². The second-order valence-electron chi connectivity index (χ2n) is 9.58. The van der Waals surface area contributed by atoms with Crippen LogP contribution in [-0.2, 0) is 14.8 Å². The van der Waals surface area contributed by atoms with E-state index in [0.29, 0.717) is 53.3 Å². The molecule has 1 aliphatic carbocycles. The summed E-state index contributed by atoms with van der Waals surface area (Å²) in [5, 5.41) is 7.07. The highest BCUT2D eigenvalue weighted by molar-refractivity contribution is 7.89. The largest absolute Gasteiger partial charge is 0.339 e. The molecule has 0 unspecified atom stereocenters. The van der Waals surface area contributed by atoms with Gasteiger partial charge in [-0.3, -0.25) is 4.79 Å². The fourth-order valence-corrected chi connectivity index (χ4v) is 7.50. The number of benzene rings is 1. The molecular formula is C25H30N4O4S2. The molecule has 5 rings (SSSR count). The number of piperidine rings is 1. The van der Waals surface area contributed by atoms with Gasteiger partial charge in [-0.05, 0) is 75.8 Å². The van der Waals surface area contributed by atoms with Crippen molar-refractivity contribution >= 4 is 33.0 Å². The Bertz CT molecular complexity index is 1350. The number of sulfonamides is 1. The van der Waals surface area contributed by atoms with Gasteiger partial charge in [0.15, 0.2) is 0 Å². The molecule has 2 aromatic heterocycles. The fraction of sp³-hybridized carbons (Fsp3) is 0.480. The monoisotopic (exact) mass is 514 g/mol. The number of thiophene rings is 1. The first kappa shape index (κ1) is 24.1. The van der Waals surface area contributed by atoms with Crippen LogP contribution in [0.25, 0.3) is 10.7 Å². The molecule has 1 aromatic carbocycles. The highest BCUT2D eigenvalue weighted by atomic mass is 32.2. The number of aromatic nitrogens is 2. The van der Waals surface area contributed by atoms with Crippen LogP contribution in [0.5, 0.6) is 0 Å². The second kappa shape index (κ2) is 9.48. The zero-order valence-corrected chi connectivity index (χ0v) is 21.8. The van der Waals surface area contributed by atoms with E-state index in [1.165, 1.54) is 27.6 Å². The second-order valence-corrected chi connectivity index (χ2v) is 12.7. The molecule has 3 heterocycles. The van der Waals surface area contributed by atoms with Gasteiger partial charge in [0.25, 0.3) is 0 Å². The molecule has 0 spiro atoms. The molecule has 1 saturated carbocycles. The summed E-state index contributed by atoms with van der Waals surface area (Å²) in [6.07, 6.45) is 4.27. The number of hydrogen-bond donors (Lipinski definition) is 1. The summed E-state index contributed by atoms with van der Waals surface area (Å²) in [4.78, 5) is 19.0. The zero-order valence-electron chi connectivity index (χ0n) is 20.2. The highest BCUT2D eigenvalue weighted by Crippen LogP contribution is 2.38. The van der Waals surface area contributed by atoms with Crippen molar-refractivity contribution in [1.29, 1.82) is 0 Å². The Hall–Kier alpha value is -2.56. The van der Waals surface area contributed by atoms with Gasteiger partial charge in [0.2, 0.25) is 27.6 Å². The minimum Gasteiger partial charge on any atom is -0.339 e. The Morgan fingerprint density at radius 1 is 1.09 bits per heavy atom. The first-order valence-electron chi connectivity index (χ1n) is 12.0. The predicted molar refractivity (Wildman–Crippen MR) is 135 cm³/mol. The van der Waals surface area contributed by atoms with Gasteiger partial charge in [0, 0.05) is 35.5 Å². The maximum Gasteiger partial charge on any atom is 0.244 e. The van der Waals surface area contributed by atoms with Crippen LogP contribution in [-0.4, -0.2) is 41.9 Å². The van der Waals surface area contributed by atoms with Crippen molar-refractivity contribution in [3.8, 4) is 10.7 Å². The number of nitrogens with one attached hydrogen (secondary N) is 1. The summed E-state index contributed by atoms with van der Waals surface area (Å²) >= 11 is 1.36. The summed E-state index contributed by atoms with van der Waals surface area (Å²) in [5.41, 5.74) is 3.07. The van der Waals surface area contributed by atoms with Gasteiger partial charge in [0.1, 0.15) is 0 Å². The molecule has 186 valence electrons. The average Bonchev–Trinajstić information content (AvgIpc) is 3.42. The third kappa shape index (κ3) is 4.79. The molecule has 0 bridgehead atoms. The molecule has 2 fully saturated rings. The smallest absolute Gasteiger partial charge is 0.244 e. The summed E-state index contributed by atoms with van der Waals surface area (Å²) in [7, 11) is -3.68. The standard InChI is InChI=1S/C25H30N4O4S2/c1-15-7-8-20(13-16(15)2)26-24(30)18-9-11-29(12-10-18)35(31,32)22-14-21(34-17(22)3)23-27-25(33-28-23)19-5-4-6-19/h7-8,13-14,18-19H,4-6,9-12H2,1-3H3,(H,26,30). The number of carbonyl (C=O) groups is 1.